The van der Waals surface area contributed by atoms with E-state index in [1.54, 1.807) is 28.9 Å². The predicted octanol–water partition coefficient (Wildman–Crippen LogP) is 4.45. The first kappa shape index (κ1) is 19.2. The van der Waals surface area contributed by atoms with Gasteiger partial charge in [0.25, 0.3) is 0 Å². The number of aromatic nitrogens is 4. The molecular weight excluding hydrogens is 414 g/mol. The van der Waals surface area contributed by atoms with Crippen molar-refractivity contribution in [1.82, 2.24) is 20.2 Å². The van der Waals surface area contributed by atoms with Gasteiger partial charge in [-0.25, -0.2) is 4.98 Å². The van der Waals surface area contributed by atoms with E-state index in [0.717, 1.165) is 51.8 Å². The average molecular weight is 438 g/mol. The fourth-order valence-electron chi connectivity index (χ4n) is 3.61. The van der Waals surface area contributed by atoms with Gasteiger partial charge < -0.3 is 15.5 Å². The molecule has 0 amide bonds. The summed E-state index contributed by atoms with van der Waals surface area (Å²) in [5.41, 5.74) is 2.16. The Labute approximate surface area is 183 Å². The van der Waals surface area contributed by atoms with Crippen LogP contribution in [0.3, 0.4) is 0 Å². The van der Waals surface area contributed by atoms with Crippen LogP contribution in [-0.4, -0.2) is 45.8 Å². The summed E-state index contributed by atoms with van der Waals surface area (Å²) in [6.07, 6.45) is 2.85. The second-order valence-electron chi connectivity index (χ2n) is 7.50. The first-order valence-corrected chi connectivity index (χ1v) is 11.7. The molecule has 4 heterocycles. The summed E-state index contributed by atoms with van der Waals surface area (Å²) in [4.78, 5) is 11.3. The van der Waals surface area contributed by atoms with Crippen LogP contribution >= 0.6 is 22.7 Å². The lowest BCUT2D eigenvalue weighted by molar-refractivity contribution is 0.797. The molecule has 1 aromatic carbocycles. The molecule has 1 aliphatic rings. The third-order valence-electron chi connectivity index (χ3n) is 5.29. The number of rotatable bonds is 7. The van der Waals surface area contributed by atoms with Crippen molar-refractivity contribution in [3.8, 4) is 0 Å². The summed E-state index contributed by atoms with van der Waals surface area (Å²) in [7, 11) is 0. The summed E-state index contributed by atoms with van der Waals surface area (Å²) in [6.45, 7) is 4.94. The van der Waals surface area contributed by atoms with Gasteiger partial charge in [-0.05, 0) is 30.0 Å². The van der Waals surface area contributed by atoms with Crippen LogP contribution in [0.2, 0.25) is 0 Å². The first-order valence-electron chi connectivity index (χ1n) is 10.1. The smallest absolute Gasteiger partial charge is 0.207 e. The third-order valence-corrected chi connectivity index (χ3v) is 7.18. The molecule has 3 aromatic heterocycles. The van der Waals surface area contributed by atoms with Crippen molar-refractivity contribution < 1.29 is 0 Å². The zero-order valence-electron chi connectivity index (χ0n) is 16.7. The molecule has 30 heavy (non-hydrogen) atoms. The summed E-state index contributed by atoms with van der Waals surface area (Å²) >= 11 is 3.28. The quantitative estimate of drug-likeness (QED) is 0.442. The highest BCUT2D eigenvalue weighted by atomic mass is 32.1. The van der Waals surface area contributed by atoms with E-state index in [1.807, 2.05) is 12.1 Å². The highest BCUT2D eigenvalue weighted by molar-refractivity contribution is 7.22. The van der Waals surface area contributed by atoms with Crippen LogP contribution in [0.25, 0.3) is 10.3 Å². The summed E-state index contributed by atoms with van der Waals surface area (Å²) in [6, 6.07) is 14.9. The van der Waals surface area contributed by atoms with Crippen LogP contribution in [0.5, 0.6) is 0 Å². The molecule has 1 fully saturated rings. The van der Waals surface area contributed by atoms with Gasteiger partial charge in [0.15, 0.2) is 10.8 Å². The Bertz CT molecular complexity index is 1080. The maximum absolute atomic E-state index is 4.68. The first-order chi connectivity index (χ1) is 14.7. The molecular formula is C21H23N7S2. The van der Waals surface area contributed by atoms with Crippen molar-refractivity contribution in [1.29, 1.82) is 0 Å². The van der Waals surface area contributed by atoms with Gasteiger partial charge in [0.05, 0.1) is 4.70 Å². The minimum absolute atomic E-state index is 0.342. The monoisotopic (exact) mass is 437 g/mol. The zero-order chi connectivity index (χ0) is 20.3. The van der Waals surface area contributed by atoms with Crippen molar-refractivity contribution in [3.63, 3.8) is 0 Å². The minimum Gasteiger partial charge on any atom is -0.359 e. The Kier molecular flexibility index (Phi) is 5.46. The molecule has 5 rings (SSSR count). The Balaban J connectivity index is 1.15. The summed E-state index contributed by atoms with van der Waals surface area (Å²) in [5, 5.41) is 18.3. The van der Waals surface area contributed by atoms with E-state index in [-0.39, 0.29) is 0 Å². The number of anilines is 3. The van der Waals surface area contributed by atoms with E-state index in [2.05, 4.69) is 73.0 Å². The average Bonchev–Trinajstić information content (AvgIpc) is 3.52. The maximum atomic E-state index is 4.68. The van der Waals surface area contributed by atoms with Crippen molar-refractivity contribution in [2.45, 2.75) is 25.3 Å². The van der Waals surface area contributed by atoms with Gasteiger partial charge in [0.2, 0.25) is 10.3 Å². The van der Waals surface area contributed by atoms with Crippen molar-refractivity contribution >= 4 is 48.4 Å². The van der Waals surface area contributed by atoms with E-state index in [4.69, 9.17) is 0 Å². The molecule has 1 aliphatic heterocycles. The number of benzene rings is 1. The van der Waals surface area contributed by atoms with E-state index >= 15 is 0 Å². The molecule has 0 spiro atoms. The Morgan fingerprint density at radius 2 is 1.97 bits per heavy atom. The molecule has 4 aromatic rings. The number of hydrogen-bond donors (Lipinski definition) is 2. The summed E-state index contributed by atoms with van der Waals surface area (Å²) in [5.74, 6) is 0.415. The lowest BCUT2D eigenvalue weighted by Crippen LogP contribution is -2.25. The van der Waals surface area contributed by atoms with E-state index in [1.165, 1.54) is 5.56 Å². The number of nitrogens with zero attached hydrogens (tertiary/aromatic N) is 5. The van der Waals surface area contributed by atoms with Crippen LogP contribution in [0.1, 0.15) is 24.8 Å². The minimum atomic E-state index is 0.342. The van der Waals surface area contributed by atoms with Crippen molar-refractivity contribution in [2.24, 2.45) is 0 Å². The van der Waals surface area contributed by atoms with Crippen molar-refractivity contribution in [3.05, 3.63) is 54.2 Å². The SMILES string of the molecule is C[C@H](CNc1nnc(N[C@@H]2CCN(c3nc4ncccc4s3)C2)s1)c1ccccc1. The standard InChI is InChI=1S/C21H23N7S2/c1-14(15-6-3-2-4-7-15)12-23-19-26-27-20(30-19)24-16-9-11-28(13-16)21-25-18-17(29-21)8-5-10-22-18/h2-8,10,14,16H,9,11-13H2,1H3,(H,23,26)(H,24,27)/t14-,16-/m1/s1. The molecule has 7 nitrogen and oxygen atoms in total. The number of hydrogen-bond acceptors (Lipinski definition) is 9. The predicted molar refractivity (Wildman–Crippen MR) is 125 cm³/mol. The van der Waals surface area contributed by atoms with Crippen LogP contribution in [0, 0.1) is 0 Å². The molecule has 2 N–H and O–H groups in total. The van der Waals surface area contributed by atoms with E-state index in [9.17, 15) is 0 Å². The Hall–Kier alpha value is -2.78. The normalized spacial score (nSPS) is 17.4. The van der Waals surface area contributed by atoms with Crippen molar-refractivity contribution in [2.75, 3.05) is 35.2 Å². The molecule has 0 saturated carbocycles. The third kappa shape index (κ3) is 4.22. The highest BCUT2D eigenvalue weighted by Gasteiger charge is 2.26. The second kappa shape index (κ2) is 8.53. The largest absolute Gasteiger partial charge is 0.359 e. The molecule has 154 valence electrons. The fourth-order valence-corrected chi connectivity index (χ4v) is 5.30. The summed E-state index contributed by atoms with van der Waals surface area (Å²) < 4.78 is 1.13. The van der Waals surface area contributed by atoms with Gasteiger partial charge in [-0.3, -0.25) is 0 Å². The van der Waals surface area contributed by atoms with E-state index < -0.39 is 0 Å². The van der Waals surface area contributed by atoms with Crippen LogP contribution < -0.4 is 15.5 Å². The molecule has 9 heteroatoms. The number of pyridine rings is 1. The molecule has 2 atom stereocenters. The zero-order valence-corrected chi connectivity index (χ0v) is 18.3. The van der Waals surface area contributed by atoms with Gasteiger partial charge in [-0.15, -0.1) is 10.2 Å². The lowest BCUT2D eigenvalue weighted by atomic mass is 10.0. The van der Waals surface area contributed by atoms with Crippen LogP contribution in [0.4, 0.5) is 15.4 Å². The van der Waals surface area contributed by atoms with Gasteiger partial charge in [0, 0.05) is 31.9 Å². The highest BCUT2D eigenvalue weighted by Crippen LogP contribution is 2.31. The number of nitrogens with one attached hydrogen (secondary N) is 2. The Morgan fingerprint density at radius 1 is 1.10 bits per heavy atom. The molecule has 0 radical (unpaired) electrons. The van der Waals surface area contributed by atoms with Crippen LogP contribution in [0.15, 0.2) is 48.7 Å². The molecule has 0 aliphatic carbocycles. The molecule has 1 saturated heterocycles. The molecule has 0 unspecified atom stereocenters. The second-order valence-corrected chi connectivity index (χ2v) is 9.49. The lowest BCUT2D eigenvalue weighted by Gasteiger charge is -2.15. The van der Waals surface area contributed by atoms with Gasteiger partial charge in [-0.2, -0.15) is 4.98 Å². The fraction of sp³-hybridized carbons (Fsp3) is 0.333. The Morgan fingerprint density at radius 3 is 2.83 bits per heavy atom. The number of thiazole rings is 1. The topological polar surface area (TPSA) is 78.9 Å². The molecule has 0 bridgehead atoms. The maximum Gasteiger partial charge on any atom is 0.207 e. The van der Waals surface area contributed by atoms with Gasteiger partial charge in [-0.1, -0.05) is 59.9 Å². The van der Waals surface area contributed by atoms with Crippen LogP contribution in [-0.2, 0) is 0 Å². The van der Waals surface area contributed by atoms with Gasteiger partial charge >= 0.3 is 0 Å². The van der Waals surface area contributed by atoms with E-state index in [0.29, 0.717) is 12.0 Å². The van der Waals surface area contributed by atoms with Gasteiger partial charge in [0.1, 0.15) is 0 Å². The number of fused-ring (bicyclic) bond motifs is 1.